The lowest BCUT2D eigenvalue weighted by Gasteiger charge is -2.22. The van der Waals surface area contributed by atoms with Crippen LogP contribution >= 0.6 is 0 Å². The highest BCUT2D eigenvalue weighted by Gasteiger charge is 2.38. The van der Waals surface area contributed by atoms with Crippen LogP contribution in [0.2, 0.25) is 0 Å². The average Bonchev–Trinajstić information content (AvgIpc) is 4.02. The largest absolute Gasteiger partial charge is 0.507 e. The highest BCUT2D eigenvalue weighted by atomic mass is 16.6. The first-order valence-electron chi connectivity index (χ1n) is 15.2. The van der Waals surface area contributed by atoms with Crippen molar-refractivity contribution in [1.29, 1.82) is 0 Å². The van der Waals surface area contributed by atoms with Gasteiger partial charge in [-0.25, -0.2) is 0 Å². The van der Waals surface area contributed by atoms with Gasteiger partial charge in [-0.3, -0.25) is 0 Å². The number of allylic oxidation sites excluding steroid dienone is 2. The molecule has 0 aromatic heterocycles. The van der Waals surface area contributed by atoms with Gasteiger partial charge in [0.1, 0.15) is 11.9 Å². The summed E-state index contributed by atoms with van der Waals surface area (Å²) in [6.07, 6.45) is 2.33. The maximum absolute atomic E-state index is 11.7. The smallest absolute Gasteiger partial charge is 0.167 e. The molecule has 1 aliphatic carbocycles. The first-order chi connectivity index (χ1) is 22.1. The summed E-state index contributed by atoms with van der Waals surface area (Å²) in [5, 5.41) is 40.7. The minimum atomic E-state index is -0.421. The van der Waals surface area contributed by atoms with Crippen molar-refractivity contribution in [3.05, 3.63) is 132 Å². The molecule has 1 aliphatic heterocycles. The predicted molar refractivity (Wildman–Crippen MR) is 182 cm³/mol. The van der Waals surface area contributed by atoms with Crippen LogP contribution in [-0.2, 0) is 4.74 Å². The summed E-state index contributed by atoms with van der Waals surface area (Å²) in [6, 6.07) is 40.0. The predicted octanol–water partition coefficient (Wildman–Crippen LogP) is 10.1. The molecule has 0 spiro atoms. The normalized spacial score (nSPS) is 15.5. The second-order valence-corrected chi connectivity index (χ2v) is 11.9. The molecule has 9 rings (SSSR count). The Morgan fingerprint density at radius 1 is 0.489 bits per heavy atom. The van der Waals surface area contributed by atoms with Gasteiger partial charge in [0, 0.05) is 16.7 Å². The SMILES string of the molecule is Oc1c(O)c(C2CO2)c(O)c(C2=CC2)c1-c1c2ccccc2c(-c2ccc(-c3cccc4ccccc34)cc2)c2ccccc12. The van der Waals surface area contributed by atoms with Crippen LogP contribution in [0.15, 0.2) is 121 Å². The molecule has 7 aromatic rings. The lowest BCUT2D eigenvalue weighted by atomic mass is 9.82. The molecule has 1 heterocycles. The fourth-order valence-corrected chi connectivity index (χ4v) is 7.06. The van der Waals surface area contributed by atoms with Gasteiger partial charge in [0.2, 0.25) is 0 Å². The fourth-order valence-electron chi connectivity index (χ4n) is 7.06. The number of hydrogen-bond donors (Lipinski definition) is 3. The quantitative estimate of drug-likeness (QED) is 0.0815. The summed E-state index contributed by atoms with van der Waals surface area (Å²) >= 11 is 0. The summed E-state index contributed by atoms with van der Waals surface area (Å²) in [5.41, 5.74) is 7.53. The van der Waals surface area contributed by atoms with E-state index in [1.165, 1.54) is 16.3 Å². The molecule has 45 heavy (non-hydrogen) atoms. The summed E-state index contributed by atoms with van der Waals surface area (Å²) in [6.45, 7) is 0.401. The van der Waals surface area contributed by atoms with E-state index < -0.39 is 6.10 Å². The van der Waals surface area contributed by atoms with Gasteiger partial charge in [0.05, 0.1) is 12.2 Å². The Bertz CT molecular complexity index is 2320. The highest BCUT2D eigenvalue weighted by molar-refractivity contribution is 6.23. The Kier molecular flexibility index (Phi) is 5.59. The molecule has 0 bridgehead atoms. The number of phenolic OH excluding ortho intramolecular Hbond substituents is 3. The lowest BCUT2D eigenvalue weighted by Crippen LogP contribution is -1.97. The zero-order valence-corrected chi connectivity index (χ0v) is 24.3. The first-order valence-corrected chi connectivity index (χ1v) is 15.2. The molecule has 0 saturated carbocycles. The summed E-state index contributed by atoms with van der Waals surface area (Å²) in [7, 11) is 0. The van der Waals surface area contributed by atoms with Gasteiger partial charge in [-0.1, -0.05) is 121 Å². The van der Waals surface area contributed by atoms with Crippen molar-refractivity contribution < 1.29 is 20.1 Å². The van der Waals surface area contributed by atoms with Crippen molar-refractivity contribution in [2.75, 3.05) is 6.61 Å². The second kappa shape index (κ2) is 9.71. The summed E-state index contributed by atoms with van der Waals surface area (Å²) < 4.78 is 5.42. The standard InChI is InChI=1S/C41H28O4/c42-39-35(26-20-21-26)38(41(44)40(43)37(39)33-22-45-33)36-31-13-5-3-11-29(31)34(30-12-4-6-14-32(30)36)25-18-16-24(17-19-25)28-15-7-9-23-8-1-2-10-27(23)28/h1-20,33,42-44H,21-22H2. The summed E-state index contributed by atoms with van der Waals surface area (Å²) in [5.74, 6) is -0.576. The van der Waals surface area contributed by atoms with E-state index in [1.807, 2.05) is 30.3 Å². The van der Waals surface area contributed by atoms with Crippen molar-refractivity contribution >= 4 is 37.9 Å². The zero-order chi connectivity index (χ0) is 30.2. The van der Waals surface area contributed by atoms with Crippen molar-refractivity contribution in [1.82, 2.24) is 0 Å². The van der Waals surface area contributed by atoms with Crippen LogP contribution in [0.4, 0.5) is 0 Å². The molecule has 7 aromatic carbocycles. The van der Waals surface area contributed by atoms with Crippen LogP contribution in [0.25, 0.3) is 71.3 Å². The molecule has 0 radical (unpaired) electrons. The van der Waals surface area contributed by atoms with Crippen LogP contribution in [0.1, 0.15) is 23.7 Å². The van der Waals surface area contributed by atoms with E-state index in [0.29, 0.717) is 24.2 Å². The van der Waals surface area contributed by atoms with Crippen LogP contribution in [-0.4, -0.2) is 21.9 Å². The molecule has 1 unspecified atom stereocenters. The van der Waals surface area contributed by atoms with E-state index in [9.17, 15) is 15.3 Å². The minimum Gasteiger partial charge on any atom is -0.507 e. The second-order valence-electron chi connectivity index (χ2n) is 11.9. The van der Waals surface area contributed by atoms with E-state index in [0.717, 1.165) is 49.4 Å². The minimum absolute atomic E-state index is 0.0205. The Balaban J connectivity index is 1.31. The first kappa shape index (κ1) is 25.9. The Morgan fingerprint density at radius 3 is 1.62 bits per heavy atom. The maximum Gasteiger partial charge on any atom is 0.167 e. The molecule has 3 N–H and O–H groups in total. The van der Waals surface area contributed by atoms with Gasteiger partial charge >= 0.3 is 0 Å². The van der Waals surface area contributed by atoms with Gasteiger partial charge in [-0.15, -0.1) is 0 Å². The molecule has 1 fully saturated rings. The number of fused-ring (bicyclic) bond motifs is 3. The Hall–Kier alpha value is -5.58. The van der Waals surface area contributed by atoms with E-state index in [-0.39, 0.29) is 22.8 Å². The molecule has 1 saturated heterocycles. The number of phenols is 3. The zero-order valence-electron chi connectivity index (χ0n) is 24.3. The fraction of sp³-hybridized carbons (Fsp3) is 0.0732. The van der Waals surface area contributed by atoms with Gasteiger partial charge in [0.15, 0.2) is 11.5 Å². The molecule has 4 nitrogen and oxygen atoms in total. The molecular formula is C41H28O4. The number of benzene rings is 7. The molecule has 0 amide bonds. The molecule has 4 heteroatoms. The monoisotopic (exact) mass is 584 g/mol. The van der Waals surface area contributed by atoms with Gasteiger partial charge in [-0.2, -0.15) is 0 Å². The third-order valence-electron chi connectivity index (χ3n) is 9.30. The highest BCUT2D eigenvalue weighted by Crippen LogP contribution is 2.58. The van der Waals surface area contributed by atoms with Gasteiger partial charge < -0.3 is 20.1 Å². The van der Waals surface area contributed by atoms with Crippen LogP contribution in [0.5, 0.6) is 17.2 Å². The Morgan fingerprint density at radius 2 is 1.02 bits per heavy atom. The molecule has 216 valence electrons. The molecule has 2 aliphatic rings. The third kappa shape index (κ3) is 3.96. The van der Waals surface area contributed by atoms with Crippen molar-refractivity contribution in [3.8, 4) is 50.6 Å². The van der Waals surface area contributed by atoms with Gasteiger partial charge in [0.25, 0.3) is 0 Å². The van der Waals surface area contributed by atoms with Crippen LogP contribution in [0, 0.1) is 0 Å². The number of epoxide rings is 1. The summed E-state index contributed by atoms with van der Waals surface area (Å²) in [4.78, 5) is 0. The van der Waals surface area contributed by atoms with Crippen LogP contribution < -0.4 is 0 Å². The van der Waals surface area contributed by atoms with E-state index in [4.69, 9.17) is 4.74 Å². The van der Waals surface area contributed by atoms with E-state index in [2.05, 4.69) is 91.0 Å². The van der Waals surface area contributed by atoms with Crippen LogP contribution in [0.3, 0.4) is 0 Å². The van der Waals surface area contributed by atoms with Gasteiger partial charge in [-0.05, 0) is 66.6 Å². The topological polar surface area (TPSA) is 73.2 Å². The van der Waals surface area contributed by atoms with Crippen molar-refractivity contribution in [2.24, 2.45) is 0 Å². The van der Waals surface area contributed by atoms with Crippen molar-refractivity contribution in [2.45, 2.75) is 12.5 Å². The number of hydrogen-bond acceptors (Lipinski definition) is 4. The average molecular weight is 585 g/mol. The lowest BCUT2D eigenvalue weighted by molar-refractivity contribution is 0.365. The van der Waals surface area contributed by atoms with Crippen molar-refractivity contribution in [3.63, 3.8) is 0 Å². The van der Waals surface area contributed by atoms with E-state index in [1.54, 1.807) is 0 Å². The number of ether oxygens (including phenoxy) is 1. The number of aromatic hydroxyl groups is 3. The van der Waals surface area contributed by atoms with E-state index >= 15 is 0 Å². The molecule has 1 atom stereocenters. The Labute approximate surface area is 259 Å². The third-order valence-corrected chi connectivity index (χ3v) is 9.30. The molecular weight excluding hydrogens is 556 g/mol. The number of rotatable bonds is 5. The maximum atomic E-state index is 11.7.